The zero-order valence-corrected chi connectivity index (χ0v) is 12.1. The molecule has 0 saturated heterocycles. The molecule has 6 heteroatoms. The van der Waals surface area contributed by atoms with Crippen LogP contribution < -0.4 is 0 Å². The topological polar surface area (TPSA) is 0 Å². The van der Waals surface area contributed by atoms with Crippen LogP contribution in [0.15, 0.2) is 42.5 Å². The molecule has 0 bridgehead atoms. The highest BCUT2D eigenvalue weighted by Crippen LogP contribution is 2.32. The Kier molecular flexibility index (Phi) is 4.79. The Bertz CT molecular complexity index is 621. The molecule has 0 aliphatic carbocycles. The van der Waals surface area contributed by atoms with Gasteiger partial charge < -0.3 is 0 Å². The van der Waals surface area contributed by atoms with Crippen LogP contribution in [-0.2, 0) is 12.6 Å². The maximum absolute atomic E-state index is 13.7. The van der Waals surface area contributed by atoms with Crippen LogP contribution in [0.3, 0.4) is 0 Å². The molecule has 0 aliphatic heterocycles. The van der Waals surface area contributed by atoms with Gasteiger partial charge in [0.1, 0.15) is 5.82 Å². The van der Waals surface area contributed by atoms with E-state index in [-0.39, 0.29) is 12.0 Å². The summed E-state index contributed by atoms with van der Waals surface area (Å²) in [5.41, 5.74) is 0.0812. The molecule has 0 nitrogen and oxygen atoms in total. The van der Waals surface area contributed by atoms with Gasteiger partial charge in [-0.25, -0.2) is 4.39 Å². The Balaban J connectivity index is 2.16. The molecule has 0 radical (unpaired) electrons. The molecular formula is C15H10Cl2F4. The number of alkyl halides is 4. The van der Waals surface area contributed by atoms with E-state index in [2.05, 4.69) is 0 Å². The average molecular weight is 337 g/mol. The molecular weight excluding hydrogens is 327 g/mol. The molecule has 21 heavy (non-hydrogen) atoms. The second-order valence-electron chi connectivity index (χ2n) is 4.53. The maximum Gasteiger partial charge on any atom is 0.416 e. The van der Waals surface area contributed by atoms with E-state index in [1.54, 1.807) is 0 Å². The van der Waals surface area contributed by atoms with E-state index in [1.165, 1.54) is 30.3 Å². The first kappa shape index (κ1) is 16.1. The van der Waals surface area contributed by atoms with Gasteiger partial charge in [0.15, 0.2) is 0 Å². The molecule has 0 N–H and O–H groups in total. The van der Waals surface area contributed by atoms with Gasteiger partial charge >= 0.3 is 6.18 Å². The number of rotatable bonds is 3. The van der Waals surface area contributed by atoms with Crippen molar-refractivity contribution in [3.8, 4) is 0 Å². The van der Waals surface area contributed by atoms with Crippen LogP contribution in [0.25, 0.3) is 0 Å². The fraction of sp³-hybridized carbons (Fsp3) is 0.200. The van der Waals surface area contributed by atoms with E-state index in [4.69, 9.17) is 23.2 Å². The van der Waals surface area contributed by atoms with Gasteiger partial charge in [-0.15, -0.1) is 11.6 Å². The normalized spacial score (nSPS) is 13.2. The van der Waals surface area contributed by atoms with E-state index in [0.29, 0.717) is 10.6 Å². The molecule has 0 heterocycles. The van der Waals surface area contributed by atoms with Crippen molar-refractivity contribution < 1.29 is 17.6 Å². The third-order valence-corrected chi connectivity index (χ3v) is 3.62. The summed E-state index contributed by atoms with van der Waals surface area (Å²) in [4.78, 5) is 0. The minimum Gasteiger partial charge on any atom is -0.207 e. The summed E-state index contributed by atoms with van der Waals surface area (Å²) >= 11 is 11.9. The zero-order valence-electron chi connectivity index (χ0n) is 10.6. The molecule has 2 aromatic carbocycles. The predicted octanol–water partition coefficient (Wildman–Crippen LogP) is 6.02. The third kappa shape index (κ3) is 4.11. The van der Waals surface area contributed by atoms with Gasteiger partial charge in [-0.1, -0.05) is 23.7 Å². The standard InChI is InChI=1S/C15H10Cl2F4/c16-11-5-6-14(18)12(8-11)13(17)7-9-1-3-10(4-2-9)15(19,20)21/h1-6,8,13H,7H2. The Morgan fingerprint density at radius 1 is 1.00 bits per heavy atom. The molecule has 1 unspecified atom stereocenters. The van der Waals surface area contributed by atoms with Crippen molar-refractivity contribution in [3.05, 3.63) is 70.0 Å². The number of halogens is 6. The summed E-state index contributed by atoms with van der Waals surface area (Å²) in [6.45, 7) is 0. The fourth-order valence-corrected chi connectivity index (χ4v) is 2.43. The molecule has 0 fully saturated rings. The first-order valence-electron chi connectivity index (χ1n) is 6.02. The lowest BCUT2D eigenvalue weighted by molar-refractivity contribution is -0.137. The van der Waals surface area contributed by atoms with Gasteiger partial charge in [-0.05, 0) is 42.3 Å². The van der Waals surface area contributed by atoms with Gasteiger partial charge in [0, 0.05) is 10.6 Å². The van der Waals surface area contributed by atoms with Crippen molar-refractivity contribution in [2.45, 2.75) is 18.0 Å². The quantitative estimate of drug-likeness (QED) is 0.474. The minimum atomic E-state index is -4.38. The summed E-state index contributed by atoms with van der Waals surface area (Å²) in [7, 11) is 0. The Labute approximate surface area is 129 Å². The van der Waals surface area contributed by atoms with Crippen LogP contribution in [0.5, 0.6) is 0 Å². The smallest absolute Gasteiger partial charge is 0.207 e. The monoisotopic (exact) mass is 336 g/mol. The van der Waals surface area contributed by atoms with Crippen molar-refractivity contribution in [2.24, 2.45) is 0 Å². The van der Waals surface area contributed by atoms with Crippen LogP contribution in [0.2, 0.25) is 5.02 Å². The van der Waals surface area contributed by atoms with Crippen molar-refractivity contribution in [1.29, 1.82) is 0 Å². The van der Waals surface area contributed by atoms with E-state index in [1.807, 2.05) is 0 Å². The molecule has 0 amide bonds. The molecule has 0 aliphatic rings. The molecule has 0 spiro atoms. The van der Waals surface area contributed by atoms with E-state index < -0.39 is 22.9 Å². The molecule has 0 saturated carbocycles. The largest absolute Gasteiger partial charge is 0.416 e. The average Bonchev–Trinajstić information content (AvgIpc) is 2.41. The fourth-order valence-electron chi connectivity index (χ4n) is 1.90. The summed E-state index contributed by atoms with van der Waals surface area (Å²) in [5.74, 6) is -0.494. The molecule has 2 rings (SSSR count). The van der Waals surface area contributed by atoms with Gasteiger partial charge in [0.2, 0.25) is 0 Å². The summed E-state index contributed by atoms with van der Waals surface area (Å²) in [5, 5.41) is -0.357. The predicted molar refractivity (Wildman–Crippen MR) is 75.2 cm³/mol. The van der Waals surface area contributed by atoms with Crippen molar-refractivity contribution in [2.75, 3.05) is 0 Å². The molecule has 112 valence electrons. The molecule has 0 aromatic heterocycles. The van der Waals surface area contributed by atoms with Crippen LogP contribution in [0.1, 0.15) is 22.1 Å². The van der Waals surface area contributed by atoms with Crippen LogP contribution >= 0.6 is 23.2 Å². The first-order valence-corrected chi connectivity index (χ1v) is 6.84. The first-order chi connectivity index (χ1) is 9.77. The van der Waals surface area contributed by atoms with Crippen LogP contribution in [-0.4, -0.2) is 0 Å². The van der Waals surface area contributed by atoms with E-state index >= 15 is 0 Å². The minimum absolute atomic E-state index is 0.205. The van der Waals surface area contributed by atoms with Gasteiger partial charge in [0.05, 0.1) is 10.9 Å². The summed E-state index contributed by atoms with van der Waals surface area (Å²) in [6, 6.07) is 8.66. The Morgan fingerprint density at radius 3 is 2.19 bits per heavy atom. The Morgan fingerprint density at radius 2 is 1.62 bits per heavy atom. The van der Waals surface area contributed by atoms with Gasteiger partial charge in [-0.2, -0.15) is 13.2 Å². The zero-order chi connectivity index (χ0) is 15.6. The van der Waals surface area contributed by atoms with Gasteiger partial charge in [-0.3, -0.25) is 0 Å². The molecule has 1 atom stereocenters. The summed E-state index contributed by atoms with van der Waals surface area (Å²) < 4.78 is 51.0. The number of hydrogen-bond acceptors (Lipinski definition) is 0. The number of benzene rings is 2. The lowest BCUT2D eigenvalue weighted by Gasteiger charge is -2.12. The highest BCUT2D eigenvalue weighted by molar-refractivity contribution is 6.30. The Hall–Kier alpha value is -1.26. The lowest BCUT2D eigenvalue weighted by Crippen LogP contribution is -2.05. The second kappa shape index (κ2) is 6.24. The lowest BCUT2D eigenvalue weighted by atomic mass is 10.0. The SMILES string of the molecule is Fc1ccc(Cl)cc1C(Cl)Cc1ccc(C(F)(F)F)cc1. The van der Waals surface area contributed by atoms with Crippen LogP contribution in [0.4, 0.5) is 17.6 Å². The van der Waals surface area contributed by atoms with Gasteiger partial charge in [0.25, 0.3) is 0 Å². The molecule has 2 aromatic rings. The van der Waals surface area contributed by atoms with E-state index in [0.717, 1.165) is 12.1 Å². The second-order valence-corrected chi connectivity index (χ2v) is 5.50. The third-order valence-electron chi connectivity index (χ3n) is 2.99. The van der Waals surface area contributed by atoms with Crippen molar-refractivity contribution in [3.63, 3.8) is 0 Å². The number of hydrogen-bond donors (Lipinski definition) is 0. The van der Waals surface area contributed by atoms with E-state index in [9.17, 15) is 17.6 Å². The highest BCUT2D eigenvalue weighted by atomic mass is 35.5. The van der Waals surface area contributed by atoms with Crippen molar-refractivity contribution in [1.82, 2.24) is 0 Å². The van der Waals surface area contributed by atoms with Crippen molar-refractivity contribution >= 4 is 23.2 Å². The highest BCUT2D eigenvalue weighted by Gasteiger charge is 2.30. The maximum atomic E-state index is 13.7. The van der Waals surface area contributed by atoms with Crippen LogP contribution in [0, 0.1) is 5.82 Å². The summed E-state index contributed by atoms with van der Waals surface area (Å²) in [6.07, 6.45) is -4.17.